The standard InChI is InChI=1S/C8H12N2O2/c1-9-7(5-11)6-3-2-4-10-8(6)12/h2-4,7,9,11H,5H2,1H3,(H,10,12). The number of H-pyrrole nitrogens is 1. The van der Waals surface area contributed by atoms with E-state index in [0.717, 1.165) is 0 Å². The average molecular weight is 168 g/mol. The van der Waals surface area contributed by atoms with Gasteiger partial charge >= 0.3 is 0 Å². The zero-order chi connectivity index (χ0) is 8.97. The first-order chi connectivity index (χ1) is 5.79. The van der Waals surface area contributed by atoms with E-state index in [1.165, 1.54) is 0 Å². The lowest BCUT2D eigenvalue weighted by atomic mass is 10.1. The van der Waals surface area contributed by atoms with Gasteiger partial charge in [0.25, 0.3) is 5.56 Å². The van der Waals surface area contributed by atoms with E-state index in [0.29, 0.717) is 5.56 Å². The van der Waals surface area contributed by atoms with Crippen LogP contribution in [0, 0.1) is 0 Å². The third-order valence-electron chi connectivity index (χ3n) is 1.76. The number of aliphatic hydroxyl groups excluding tert-OH is 1. The highest BCUT2D eigenvalue weighted by Crippen LogP contribution is 2.04. The molecule has 1 rings (SSSR count). The number of aliphatic hydroxyl groups is 1. The molecule has 0 spiro atoms. The smallest absolute Gasteiger partial charge is 0.252 e. The maximum Gasteiger partial charge on any atom is 0.252 e. The highest BCUT2D eigenvalue weighted by atomic mass is 16.3. The highest BCUT2D eigenvalue weighted by Gasteiger charge is 2.09. The molecule has 12 heavy (non-hydrogen) atoms. The van der Waals surface area contributed by atoms with Crippen LogP contribution in [-0.4, -0.2) is 23.7 Å². The van der Waals surface area contributed by atoms with Crippen LogP contribution in [0.15, 0.2) is 23.1 Å². The number of nitrogens with one attached hydrogen (secondary N) is 2. The summed E-state index contributed by atoms with van der Waals surface area (Å²) in [6, 6.07) is 3.14. The first-order valence-corrected chi connectivity index (χ1v) is 3.75. The topological polar surface area (TPSA) is 65.1 Å². The van der Waals surface area contributed by atoms with Crippen LogP contribution >= 0.6 is 0 Å². The monoisotopic (exact) mass is 168 g/mol. The third-order valence-corrected chi connectivity index (χ3v) is 1.76. The minimum atomic E-state index is -0.282. The fourth-order valence-electron chi connectivity index (χ4n) is 1.05. The SMILES string of the molecule is CNC(CO)c1ccc[nH]c1=O. The van der Waals surface area contributed by atoms with Crippen molar-refractivity contribution in [2.24, 2.45) is 0 Å². The molecule has 1 atom stereocenters. The van der Waals surface area contributed by atoms with Crippen molar-refractivity contribution in [1.29, 1.82) is 0 Å². The van der Waals surface area contributed by atoms with Gasteiger partial charge in [-0.15, -0.1) is 0 Å². The molecule has 1 aromatic heterocycles. The van der Waals surface area contributed by atoms with Gasteiger partial charge in [-0.25, -0.2) is 0 Å². The largest absolute Gasteiger partial charge is 0.394 e. The molecule has 0 radical (unpaired) electrons. The predicted molar refractivity (Wildman–Crippen MR) is 45.9 cm³/mol. The lowest BCUT2D eigenvalue weighted by Gasteiger charge is -2.11. The second kappa shape index (κ2) is 4.04. The van der Waals surface area contributed by atoms with Crippen molar-refractivity contribution in [3.8, 4) is 0 Å². The summed E-state index contributed by atoms with van der Waals surface area (Å²) in [5.41, 5.74) is 0.397. The van der Waals surface area contributed by atoms with Gasteiger partial charge in [0, 0.05) is 11.8 Å². The molecule has 1 unspecified atom stereocenters. The van der Waals surface area contributed by atoms with Crippen molar-refractivity contribution in [2.75, 3.05) is 13.7 Å². The maximum absolute atomic E-state index is 11.2. The Balaban J connectivity index is 3.00. The van der Waals surface area contributed by atoms with Gasteiger partial charge in [0.2, 0.25) is 0 Å². The predicted octanol–water partition coefficient (Wildman–Crippen LogP) is -0.372. The second-order valence-corrected chi connectivity index (χ2v) is 2.48. The lowest BCUT2D eigenvalue weighted by Crippen LogP contribution is -2.26. The van der Waals surface area contributed by atoms with E-state index in [2.05, 4.69) is 10.3 Å². The summed E-state index contributed by atoms with van der Waals surface area (Å²) in [4.78, 5) is 13.7. The third kappa shape index (κ3) is 1.72. The Kier molecular flexibility index (Phi) is 3.01. The maximum atomic E-state index is 11.2. The van der Waals surface area contributed by atoms with Crippen LogP contribution in [-0.2, 0) is 0 Å². The fraction of sp³-hybridized carbons (Fsp3) is 0.375. The van der Waals surface area contributed by atoms with E-state index in [-0.39, 0.29) is 18.2 Å². The fourth-order valence-corrected chi connectivity index (χ4v) is 1.05. The number of aromatic nitrogens is 1. The van der Waals surface area contributed by atoms with Gasteiger partial charge < -0.3 is 15.4 Å². The van der Waals surface area contributed by atoms with Crippen molar-refractivity contribution in [3.05, 3.63) is 34.2 Å². The quantitative estimate of drug-likeness (QED) is 0.577. The Labute approximate surface area is 70.3 Å². The summed E-state index contributed by atoms with van der Waals surface area (Å²) in [5, 5.41) is 11.7. The van der Waals surface area contributed by atoms with Crippen molar-refractivity contribution in [2.45, 2.75) is 6.04 Å². The number of likely N-dealkylation sites (N-methyl/N-ethyl adjacent to an activating group) is 1. The van der Waals surface area contributed by atoms with Crippen LogP contribution < -0.4 is 10.9 Å². The van der Waals surface area contributed by atoms with Crippen LogP contribution in [0.25, 0.3) is 0 Å². The van der Waals surface area contributed by atoms with Gasteiger partial charge in [0.1, 0.15) is 0 Å². The number of hydrogen-bond acceptors (Lipinski definition) is 3. The van der Waals surface area contributed by atoms with Crippen LogP contribution in [0.5, 0.6) is 0 Å². The van der Waals surface area contributed by atoms with Gasteiger partial charge in [-0.2, -0.15) is 0 Å². The van der Waals surface area contributed by atoms with E-state index in [9.17, 15) is 4.79 Å². The molecule has 0 aliphatic rings. The number of rotatable bonds is 3. The summed E-state index contributed by atoms with van der Waals surface area (Å²) >= 11 is 0. The van der Waals surface area contributed by atoms with Crippen molar-refractivity contribution < 1.29 is 5.11 Å². The van der Waals surface area contributed by atoms with Gasteiger partial charge in [-0.3, -0.25) is 4.79 Å². The second-order valence-electron chi connectivity index (χ2n) is 2.48. The van der Waals surface area contributed by atoms with E-state index in [1.807, 2.05) is 0 Å². The summed E-state index contributed by atoms with van der Waals surface area (Å²) < 4.78 is 0. The first-order valence-electron chi connectivity index (χ1n) is 3.75. The van der Waals surface area contributed by atoms with Gasteiger partial charge in [0.05, 0.1) is 12.6 Å². The number of pyridine rings is 1. The van der Waals surface area contributed by atoms with E-state index in [4.69, 9.17) is 5.11 Å². The average Bonchev–Trinajstić information content (AvgIpc) is 2.10. The van der Waals surface area contributed by atoms with Crippen LogP contribution in [0.3, 0.4) is 0 Å². The molecule has 1 aromatic rings. The zero-order valence-electron chi connectivity index (χ0n) is 6.87. The Morgan fingerprint density at radius 2 is 2.50 bits per heavy atom. The molecule has 66 valence electrons. The molecule has 0 aromatic carbocycles. The lowest BCUT2D eigenvalue weighted by molar-refractivity contribution is 0.250. The number of aromatic amines is 1. The zero-order valence-corrected chi connectivity index (χ0v) is 6.87. The number of hydrogen-bond donors (Lipinski definition) is 3. The van der Waals surface area contributed by atoms with Gasteiger partial charge in [-0.05, 0) is 13.1 Å². The molecule has 4 nitrogen and oxygen atoms in total. The molecule has 4 heteroatoms. The van der Waals surface area contributed by atoms with E-state index < -0.39 is 0 Å². The molecule has 0 aliphatic carbocycles. The minimum absolute atomic E-state index is 0.0798. The minimum Gasteiger partial charge on any atom is -0.394 e. The van der Waals surface area contributed by atoms with Crippen molar-refractivity contribution >= 4 is 0 Å². The summed E-state index contributed by atoms with van der Waals surface area (Å²) in [6.07, 6.45) is 1.57. The summed E-state index contributed by atoms with van der Waals surface area (Å²) in [7, 11) is 1.70. The first kappa shape index (κ1) is 8.96. The Hall–Kier alpha value is -1.13. The molecule has 0 amide bonds. The van der Waals surface area contributed by atoms with Crippen molar-refractivity contribution in [1.82, 2.24) is 10.3 Å². The van der Waals surface area contributed by atoms with Gasteiger partial charge in [-0.1, -0.05) is 6.07 Å². The van der Waals surface area contributed by atoms with Gasteiger partial charge in [0.15, 0.2) is 0 Å². The highest BCUT2D eigenvalue weighted by molar-refractivity contribution is 5.13. The van der Waals surface area contributed by atoms with E-state index in [1.54, 1.807) is 25.4 Å². The van der Waals surface area contributed by atoms with Crippen LogP contribution in [0.4, 0.5) is 0 Å². The Morgan fingerprint density at radius 1 is 1.75 bits per heavy atom. The molecule has 3 N–H and O–H groups in total. The molecule has 0 aliphatic heterocycles. The van der Waals surface area contributed by atoms with Crippen molar-refractivity contribution in [3.63, 3.8) is 0 Å². The molecule has 0 saturated heterocycles. The molecule has 1 heterocycles. The molecule has 0 bridgehead atoms. The van der Waals surface area contributed by atoms with Crippen LogP contribution in [0.2, 0.25) is 0 Å². The molecule has 0 saturated carbocycles. The summed E-state index contributed by atoms with van der Waals surface area (Å²) in [5.74, 6) is 0. The normalized spacial score (nSPS) is 12.8. The molecular formula is C8H12N2O2. The Bertz CT molecular complexity index is 291. The summed E-state index contributed by atoms with van der Waals surface area (Å²) in [6.45, 7) is -0.0798. The van der Waals surface area contributed by atoms with Crippen LogP contribution in [0.1, 0.15) is 11.6 Å². The molecular weight excluding hydrogens is 156 g/mol. The Morgan fingerprint density at radius 3 is 3.00 bits per heavy atom. The molecule has 0 fully saturated rings. The van der Waals surface area contributed by atoms with E-state index >= 15 is 0 Å².